The molecule has 0 N–H and O–H groups in total. The van der Waals surface area contributed by atoms with Gasteiger partial charge in [-0.25, -0.2) is 9.58 Å². The molecule has 102 valence electrons. The SMILES string of the molecule is CN(C)[N+]12CCC(CC1)C1(Cc3cccnc3O1)C2. The Bertz CT molecular complexity index is 481. The molecule has 1 aromatic heterocycles. The average molecular weight is 260 g/mol. The van der Waals surface area contributed by atoms with E-state index in [0.717, 1.165) is 23.4 Å². The standard InChI is InChI=1S/C15H22N3O/c1-17(2)18-8-5-13(6-9-18)15(11-18)10-12-4-3-7-16-14(12)19-15/h3-4,7,13H,5-6,8-11H2,1-2H3/q+1. The molecule has 1 unspecified atom stereocenters. The number of hydrogen-bond donors (Lipinski definition) is 0. The van der Waals surface area contributed by atoms with E-state index in [4.69, 9.17) is 4.74 Å². The summed E-state index contributed by atoms with van der Waals surface area (Å²) in [5.74, 6) is 1.59. The second kappa shape index (κ2) is 3.70. The van der Waals surface area contributed by atoms with Gasteiger partial charge in [0.1, 0.15) is 6.54 Å². The second-order valence-electron chi connectivity index (χ2n) is 6.63. The lowest BCUT2D eigenvalue weighted by Crippen LogP contribution is -2.74. The number of ether oxygens (including phenoxy) is 1. The van der Waals surface area contributed by atoms with Crippen molar-refractivity contribution in [2.75, 3.05) is 33.7 Å². The van der Waals surface area contributed by atoms with Gasteiger partial charge in [0.15, 0.2) is 5.60 Å². The second-order valence-corrected chi connectivity index (χ2v) is 6.63. The highest BCUT2D eigenvalue weighted by Crippen LogP contribution is 2.48. The van der Waals surface area contributed by atoms with E-state index in [0.29, 0.717) is 5.92 Å². The van der Waals surface area contributed by atoms with Crippen molar-refractivity contribution in [3.05, 3.63) is 23.9 Å². The fourth-order valence-electron chi connectivity index (χ4n) is 4.42. The zero-order valence-electron chi connectivity index (χ0n) is 11.8. The Labute approximate surface area is 114 Å². The van der Waals surface area contributed by atoms with Gasteiger partial charge in [-0.3, -0.25) is 0 Å². The summed E-state index contributed by atoms with van der Waals surface area (Å²) in [7, 11) is 4.42. The van der Waals surface area contributed by atoms with Crippen LogP contribution in [-0.2, 0) is 6.42 Å². The number of quaternary nitrogens is 1. The Morgan fingerprint density at radius 2 is 2.16 bits per heavy atom. The molecule has 2 bridgehead atoms. The quantitative estimate of drug-likeness (QED) is 0.715. The van der Waals surface area contributed by atoms with E-state index in [2.05, 4.69) is 30.2 Å². The van der Waals surface area contributed by atoms with Crippen molar-refractivity contribution in [2.45, 2.75) is 24.9 Å². The largest absolute Gasteiger partial charge is 0.464 e. The minimum absolute atomic E-state index is 0.0114. The third-order valence-corrected chi connectivity index (χ3v) is 5.58. The molecule has 1 spiro atoms. The van der Waals surface area contributed by atoms with Gasteiger partial charge in [0, 0.05) is 51.0 Å². The third kappa shape index (κ3) is 1.50. The number of rotatable bonds is 1. The third-order valence-electron chi connectivity index (χ3n) is 5.58. The van der Waals surface area contributed by atoms with Crippen LogP contribution in [0.25, 0.3) is 0 Å². The number of hydrogen-bond acceptors (Lipinski definition) is 3. The molecule has 0 saturated carbocycles. The lowest BCUT2D eigenvalue weighted by Gasteiger charge is -2.57. The van der Waals surface area contributed by atoms with Crippen molar-refractivity contribution in [1.29, 1.82) is 0 Å². The molecule has 3 saturated heterocycles. The molecular formula is C15H22N3O+. The lowest BCUT2D eigenvalue weighted by molar-refractivity contribution is -1.05. The van der Waals surface area contributed by atoms with Gasteiger partial charge in [0.05, 0.1) is 13.1 Å². The Hall–Kier alpha value is -1.13. The summed E-state index contributed by atoms with van der Waals surface area (Å²) < 4.78 is 7.48. The maximum absolute atomic E-state index is 6.39. The topological polar surface area (TPSA) is 25.4 Å². The molecule has 4 nitrogen and oxygen atoms in total. The van der Waals surface area contributed by atoms with Crippen LogP contribution in [0, 0.1) is 5.92 Å². The lowest BCUT2D eigenvalue weighted by atomic mass is 9.72. The van der Waals surface area contributed by atoms with Crippen LogP contribution < -0.4 is 4.74 Å². The van der Waals surface area contributed by atoms with E-state index in [1.807, 2.05) is 12.3 Å². The Morgan fingerprint density at radius 1 is 1.37 bits per heavy atom. The minimum atomic E-state index is 0.0114. The van der Waals surface area contributed by atoms with Crippen LogP contribution in [0.1, 0.15) is 18.4 Å². The first kappa shape index (κ1) is 11.7. The van der Waals surface area contributed by atoms with Gasteiger partial charge in [0.2, 0.25) is 5.88 Å². The van der Waals surface area contributed by atoms with Crippen LogP contribution in [-0.4, -0.2) is 53.9 Å². The maximum Gasteiger partial charge on any atom is 0.217 e. The maximum atomic E-state index is 6.39. The number of nitrogens with zero attached hydrogens (tertiary/aromatic N) is 3. The van der Waals surface area contributed by atoms with Crippen LogP contribution in [0.2, 0.25) is 0 Å². The summed E-state index contributed by atoms with van der Waals surface area (Å²) in [4.78, 5) is 4.42. The number of aromatic nitrogens is 1. The summed E-state index contributed by atoms with van der Waals surface area (Å²) >= 11 is 0. The van der Waals surface area contributed by atoms with Gasteiger partial charge in [-0.1, -0.05) is 6.07 Å². The van der Waals surface area contributed by atoms with Crippen LogP contribution in [0.4, 0.5) is 0 Å². The summed E-state index contributed by atoms with van der Waals surface area (Å²) in [6, 6.07) is 4.20. The minimum Gasteiger partial charge on any atom is -0.464 e. The molecule has 0 aromatic carbocycles. The first-order valence-electron chi connectivity index (χ1n) is 7.30. The number of piperidine rings is 3. The molecule has 0 radical (unpaired) electrons. The molecule has 4 aliphatic rings. The molecule has 3 fully saturated rings. The smallest absolute Gasteiger partial charge is 0.217 e. The van der Waals surface area contributed by atoms with Crippen molar-refractivity contribution in [2.24, 2.45) is 5.92 Å². The predicted molar refractivity (Wildman–Crippen MR) is 72.6 cm³/mol. The van der Waals surface area contributed by atoms with Gasteiger partial charge in [-0.15, -0.1) is 0 Å². The van der Waals surface area contributed by atoms with E-state index < -0.39 is 0 Å². The molecule has 4 aliphatic heterocycles. The summed E-state index contributed by atoms with van der Waals surface area (Å²) in [5.41, 5.74) is 1.31. The van der Waals surface area contributed by atoms with Gasteiger partial charge in [-0.2, -0.15) is 5.01 Å². The van der Waals surface area contributed by atoms with Crippen molar-refractivity contribution in [3.63, 3.8) is 0 Å². The average Bonchev–Trinajstić information content (AvgIpc) is 2.77. The van der Waals surface area contributed by atoms with Crippen LogP contribution in [0.15, 0.2) is 18.3 Å². The van der Waals surface area contributed by atoms with Gasteiger partial charge < -0.3 is 4.74 Å². The fourth-order valence-corrected chi connectivity index (χ4v) is 4.42. The number of fused-ring (bicyclic) bond motifs is 3. The highest BCUT2D eigenvalue weighted by atomic mass is 16.5. The molecule has 1 atom stereocenters. The Balaban J connectivity index is 1.71. The summed E-state index contributed by atoms with van der Waals surface area (Å²) in [5, 5.41) is 2.39. The predicted octanol–water partition coefficient (Wildman–Crippen LogP) is 1.47. The van der Waals surface area contributed by atoms with E-state index in [-0.39, 0.29) is 5.60 Å². The first-order valence-corrected chi connectivity index (χ1v) is 7.30. The molecule has 0 amide bonds. The summed E-state index contributed by atoms with van der Waals surface area (Å²) in [6.45, 7) is 3.65. The van der Waals surface area contributed by atoms with E-state index in [9.17, 15) is 0 Å². The Morgan fingerprint density at radius 3 is 2.84 bits per heavy atom. The molecular weight excluding hydrogens is 238 g/mol. The van der Waals surface area contributed by atoms with E-state index >= 15 is 0 Å². The van der Waals surface area contributed by atoms with Crippen molar-refractivity contribution in [3.8, 4) is 5.88 Å². The van der Waals surface area contributed by atoms with Gasteiger partial charge in [-0.05, 0) is 6.07 Å². The van der Waals surface area contributed by atoms with Crippen LogP contribution in [0.5, 0.6) is 5.88 Å². The summed E-state index contributed by atoms with van der Waals surface area (Å²) in [6.07, 6.45) is 5.46. The fraction of sp³-hybridized carbons (Fsp3) is 0.667. The molecule has 4 heteroatoms. The van der Waals surface area contributed by atoms with E-state index in [1.165, 1.54) is 31.5 Å². The van der Waals surface area contributed by atoms with Crippen molar-refractivity contribution < 1.29 is 9.33 Å². The Kier molecular flexibility index (Phi) is 2.28. The highest BCUT2D eigenvalue weighted by molar-refractivity contribution is 5.33. The monoisotopic (exact) mass is 260 g/mol. The normalized spacial score (nSPS) is 39.6. The van der Waals surface area contributed by atoms with Gasteiger partial charge >= 0.3 is 0 Å². The first-order chi connectivity index (χ1) is 9.14. The van der Waals surface area contributed by atoms with E-state index in [1.54, 1.807) is 0 Å². The molecule has 5 rings (SSSR count). The zero-order chi connectivity index (χ0) is 13.1. The van der Waals surface area contributed by atoms with Crippen molar-refractivity contribution >= 4 is 0 Å². The number of pyridine rings is 1. The molecule has 19 heavy (non-hydrogen) atoms. The molecule has 1 aromatic rings. The van der Waals surface area contributed by atoms with Crippen LogP contribution in [0.3, 0.4) is 0 Å². The molecule has 5 heterocycles. The van der Waals surface area contributed by atoms with Crippen LogP contribution >= 0.6 is 0 Å². The zero-order valence-corrected chi connectivity index (χ0v) is 11.8. The highest BCUT2D eigenvalue weighted by Gasteiger charge is 2.60. The van der Waals surface area contributed by atoms with Crippen molar-refractivity contribution in [1.82, 2.24) is 9.99 Å². The molecule has 0 aliphatic carbocycles. The van der Waals surface area contributed by atoms with Gasteiger partial charge in [0.25, 0.3) is 0 Å².